The number of hydrogen-bond donors (Lipinski definition) is 2. The van der Waals surface area contributed by atoms with Gasteiger partial charge < -0.3 is 20.3 Å². The number of aromatic nitrogens is 3. The molecule has 2 aliphatic heterocycles. The van der Waals surface area contributed by atoms with E-state index in [2.05, 4.69) is 44.3 Å². The molecule has 2 fully saturated rings. The summed E-state index contributed by atoms with van der Waals surface area (Å²) in [5.74, 6) is 0.648. The van der Waals surface area contributed by atoms with Crippen molar-refractivity contribution in [1.82, 2.24) is 20.3 Å². The first-order chi connectivity index (χ1) is 20.4. The molecule has 6 rings (SSSR count). The van der Waals surface area contributed by atoms with E-state index < -0.39 is 11.7 Å². The standard InChI is InChI=1S/C32H36FN7O2/c1-20-6-4-7-23-11-14-35-30(29(20)23)40(25-8-5-13-34-17-25)31(41)26-10-9-24(16-27(26)33)37-32-36-15-12-28(38-32)39-21(2)18-42-19-22(39)3/h4,6-7,9-12,14-16,21-22,25,34H,5,8,13,17-19H2,1-3H3,(H,36,37,38)/t21-,22+,25-/m1/s1. The van der Waals surface area contributed by atoms with Crippen LogP contribution >= 0.6 is 0 Å². The average molecular weight is 570 g/mol. The molecule has 2 saturated heterocycles. The van der Waals surface area contributed by atoms with Gasteiger partial charge in [0, 0.05) is 30.0 Å². The molecule has 0 bridgehead atoms. The van der Waals surface area contributed by atoms with Crippen LogP contribution in [0, 0.1) is 12.7 Å². The lowest BCUT2D eigenvalue weighted by molar-refractivity contribution is 0.0752. The van der Waals surface area contributed by atoms with Crippen molar-refractivity contribution < 1.29 is 13.9 Å². The molecule has 0 radical (unpaired) electrons. The lowest BCUT2D eigenvalue weighted by atomic mass is 10.0. The monoisotopic (exact) mass is 569 g/mol. The number of pyridine rings is 1. The number of morpholine rings is 1. The molecule has 9 nitrogen and oxygen atoms in total. The van der Waals surface area contributed by atoms with E-state index >= 15 is 4.39 Å². The molecular weight excluding hydrogens is 533 g/mol. The van der Waals surface area contributed by atoms with E-state index in [1.165, 1.54) is 12.1 Å². The number of anilines is 4. The number of fused-ring (bicyclic) bond motifs is 1. The molecule has 4 heterocycles. The zero-order chi connectivity index (χ0) is 29.2. The van der Waals surface area contributed by atoms with Crippen LogP contribution in [-0.4, -0.2) is 65.3 Å². The van der Waals surface area contributed by atoms with Crippen molar-refractivity contribution in [2.75, 3.05) is 41.4 Å². The number of nitrogens with one attached hydrogen (secondary N) is 2. The third kappa shape index (κ3) is 5.52. The maximum Gasteiger partial charge on any atom is 0.262 e. The Balaban J connectivity index is 1.30. The van der Waals surface area contributed by atoms with E-state index in [4.69, 9.17) is 4.74 Å². The highest BCUT2D eigenvalue weighted by molar-refractivity contribution is 6.11. The van der Waals surface area contributed by atoms with E-state index in [-0.39, 0.29) is 23.7 Å². The summed E-state index contributed by atoms with van der Waals surface area (Å²) >= 11 is 0. The van der Waals surface area contributed by atoms with Crippen LogP contribution in [0.3, 0.4) is 0 Å². The molecule has 1 amide bonds. The molecular formula is C32H36FN7O2. The molecule has 42 heavy (non-hydrogen) atoms. The number of halogens is 1. The fourth-order valence-corrected chi connectivity index (χ4v) is 6.09. The third-order valence-corrected chi connectivity index (χ3v) is 8.09. The van der Waals surface area contributed by atoms with Gasteiger partial charge in [0.1, 0.15) is 17.5 Å². The Bertz CT molecular complexity index is 1580. The van der Waals surface area contributed by atoms with E-state index in [0.29, 0.717) is 37.2 Å². The van der Waals surface area contributed by atoms with Crippen LogP contribution in [0.5, 0.6) is 0 Å². The van der Waals surface area contributed by atoms with Gasteiger partial charge in [-0.15, -0.1) is 0 Å². The van der Waals surface area contributed by atoms with Gasteiger partial charge in [-0.05, 0) is 81.4 Å². The van der Waals surface area contributed by atoms with Crippen LogP contribution in [0.1, 0.15) is 42.6 Å². The molecule has 2 N–H and O–H groups in total. The van der Waals surface area contributed by atoms with Crippen molar-refractivity contribution in [3.05, 3.63) is 77.9 Å². The molecule has 0 unspecified atom stereocenters. The molecule has 2 aromatic heterocycles. The SMILES string of the molecule is Cc1cccc2ccnc(N(C(=O)c3ccc(Nc4nccc(N5[C@H](C)COC[C@@H]5C)n4)cc3F)[C@@H]3CCCNC3)c12. The maximum absolute atomic E-state index is 15.7. The highest BCUT2D eigenvalue weighted by Gasteiger charge is 2.32. The lowest BCUT2D eigenvalue weighted by Gasteiger charge is -2.39. The van der Waals surface area contributed by atoms with Gasteiger partial charge in [0.25, 0.3) is 5.91 Å². The first-order valence-corrected chi connectivity index (χ1v) is 14.5. The summed E-state index contributed by atoms with van der Waals surface area (Å²) < 4.78 is 21.4. The summed E-state index contributed by atoms with van der Waals surface area (Å²) in [7, 11) is 0. The number of rotatable bonds is 6. The maximum atomic E-state index is 15.7. The van der Waals surface area contributed by atoms with Crippen molar-refractivity contribution in [2.45, 2.75) is 51.7 Å². The lowest BCUT2D eigenvalue weighted by Crippen LogP contribution is -2.50. The Labute approximate surface area is 245 Å². The van der Waals surface area contributed by atoms with Gasteiger partial charge in [-0.2, -0.15) is 4.98 Å². The predicted molar refractivity (Wildman–Crippen MR) is 163 cm³/mol. The fraction of sp³-hybridized carbons (Fsp3) is 0.375. The number of hydrogen-bond acceptors (Lipinski definition) is 8. The molecule has 4 aromatic rings. The normalized spacial score (nSPS) is 20.9. The second kappa shape index (κ2) is 12.0. The van der Waals surface area contributed by atoms with Gasteiger partial charge >= 0.3 is 0 Å². The zero-order valence-corrected chi connectivity index (χ0v) is 24.2. The highest BCUT2D eigenvalue weighted by atomic mass is 19.1. The smallest absolute Gasteiger partial charge is 0.262 e. The molecule has 0 aliphatic carbocycles. The quantitative estimate of drug-likeness (QED) is 0.326. The van der Waals surface area contributed by atoms with Crippen LogP contribution in [0.25, 0.3) is 10.8 Å². The number of amides is 1. The molecule has 2 aromatic carbocycles. The highest BCUT2D eigenvalue weighted by Crippen LogP contribution is 2.32. The van der Waals surface area contributed by atoms with Gasteiger partial charge in [-0.25, -0.2) is 14.4 Å². The molecule has 0 saturated carbocycles. The van der Waals surface area contributed by atoms with Crippen molar-refractivity contribution in [3.8, 4) is 0 Å². The Morgan fingerprint density at radius 3 is 2.67 bits per heavy atom. The molecule has 0 spiro atoms. The number of nitrogens with zero attached hydrogens (tertiary/aromatic N) is 5. The number of aryl methyl sites for hydroxylation is 1. The largest absolute Gasteiger partial charge is 0.377 e. The van der Waals surface area contributed by atoms with Crippen molar-refractivity contribution in [3.63, 3.8) is 0 Å². The van der Waals surface area contributed by atoms with Gasteiger partial charge in [-0.3, -0.25) is 9.69 Å². The fourth-order valence-electron chi connectivity index (χ4n) is 6.09. The molecule has 2 aliphatic rings. The van der Waals surface area contributed by atoms with Crippen molar-refractivity contribution >= 4 is 40.0 Å². The minimum absolute atomic E-state index is 0.0100. The molecule has 10 heteroatoms. The van der Waals surface area contributed by atoms with Crippen LogP contribution in [0.15, 0.2) is 60.9 Å². The van der Waals surface area contributed by atoms with E-state index in [1.54, 1.807) is 23.4 Å². The first-order valence-electron chi connectivity index (χ1n) is 14.5. The number of carbonyl (C=O) groups is 1. The number of carbonyl (C=O) groups excluding carboxylic acids is 1. The molecule has 3 atom stereocenters. The van der Waals surface area contributed by atoms with E-state index in [1.807, 2.05) is 37.3 Å². The topological polar surface area (TPSA) is 95.5 Å². The molecule has 218 valence electrons. The summed E-state index contributed by atoms with van der Waals surface area (Å²) in [6.45, 7) is 8.95. The Hall–Kier alpha value is -4.15. The van der Waals surface area contributed by atoms with Crippen LogP contribution in [-0.2, 0) is 4.74 Å². The number of ether oxygens (including phenoxy) is 1. The third-order valence-electron chi connectivity index (χ3n) is 8.09. The van der Waals surface area contributed by atoms with Crippen molar-refractivity contribution in [1.29, 1.82) is 0 Å². The predicted octanol–water partition coefficient (Wildman–Crippen LogP) is 5.23. The Kier molecular flexibility index (Phi) is 7.99. The average Bonchev–Trinajstić information content (AvgIpc) is 2.98. The second-order valence-electron chi connectivity index (χ2n) is 11.2. The van der Waals surface area contributed by atoms with Crippen LogP contribution in [0.4, 0.5) is 27.7 Å². The van der Waals surface area contributed by atoms with Gasteiger partial charge in [0.05, 0.1) is 36.9 Å². The Morgan fingerprint density at radius 2 is 1.90 bits per heavy atom. The second-order valence-corrected chi connectivity index (χ2v) is 11.2. The number of piperidine rings is 1. The minimum atomic E-state index is -0.623. The van der Waals surface area contributed by atoms with E-state index in [0.717, 1.165) is 41.5 Å². The summed E-state index contributed by atoms with van der Waals surface area (Å²) in [4.78, 5) is 31.7. The summed E-state index contributed by atoms with van der Waals surface area (Å²) in [6.07, 6.45) is 5.12. The summed E-state index contributed by atoms with van der Waals surface area (Å²) in [5.41, 5.74) is 1.46. The van der Waals surface area contributed by atoms with Gasteiger partial charge in [0.15, 0.2) is 0 Å². The number of benzene rings is 2. The van der Waals surface area contributed by atoms with E-state index in [9.17, 15) is 4.79 Å². The van der Waals surface area contributed by atoms with Gasteiger partial charge in [0.2, 0.25) is 5.95 Å². The van der Waals surface area contributed by atoms with Crippen LogP contribution in [0.2, 0.25) is 0 Å². The first kappa shape index (κ1) is 28.0. The van der Waals surface area contributed by atoms with Crippen molar-refractivity contribution in [2.24, 2.45) is 0 Å². The van der Waals surface area contributed by atoms with Crippen LogP contribution < -0.4 is 20.4 Å². The Morgan fingerprint density at radius 1 is 1.10 bits per heavy atom. The minimum Gasteiger partial charge on any atom is -0.377 e. The summed E-state index contributed by atoms with van der Waals surface area (Å²) in [5, 5.41) is 8.39. The summed E-state index contributed by atoms with van der Waals surface area (Å²) in [6, 6.07) is 14.5. The zero-order valence-electron chi connectivity index (χ0n) is 24.2. The van der Waals surface area contributed by atoms with Gasteiger partial charge in [-0.1, -0.05) is 18.2 Å².